The molecule has 1 heterocycles. The highest BCUT2D eigenvalue weighted by atomic mass is 79.9. The van der Waals surface area contributed by atoms with Gasteiger partial charge in [-0.3, -0.25) is 4.79 Å². The van der Waals surface area contributed by atoms with Gasteiger partial charge < -0.3 is 9.64 Å². The predicted octanol–water partition coefficient (Wildman–Crippen LogP) is 2.55. The first-order valence-electron chi connectivity index (χ1n) is 6.70. The summed E-state index contributed by atoms with van der Waals surface area (Å²) in [5, 5.41) is 0.786. The van der Waals surface area contributed by atoms with Gasteiger partial charge >= 0.3 is 0 Å². The van der Waals surface area contributed by atoms with Gasteiger partial charge in [0, 0.05) is 24.8 Å². The van der Waals surface area contributed by atoms with Crippen LogP contribution in [0, 0.1) is 6.92 Å². The number of nitrogens with zero attached hydrogens (tertiary/aromatic N) is 1. The third kappa shape index (κ3) is 4.32. The number of halogens is 1. The van der Waals surface area contributed by atoms with E-state index in [0.717, 1.165) is 18.3 Å². The Labute approximate surface area is 123 Å². The number of ether oxygens (including phenoxy) is 1. The minimum Gasteiger partial charge on any atom is -0.374 e. The number of morpholine rings is 1. The molecule has 1 fully saturated rings. The second-order valence-corrected chi connectivity index (χ2v) is 5.62. The Kier molecular flexibility index (Phi) is 5.40. The Morgan fingerprint density at radius 3 is 3.11 bits per heavy atom. The summed E-state index contributed by atoms with van der Waals surface area (Å²) in [6.45, 7) is 4.15. The van der Waals surface area contributed by atoms with Crippen molar-refractivity contribution in [3.05, 3.63) is 35.4 Å². The number of carbonyl (C=O) groups excluding carboxylic acids is 1. The Balaban J connectivity index is 1.84. The second kappa shape index (κ2) is 7.06. The summed E-state index contributed by atoms with van der Waals surface area (Å²) in [4.78, 5) is 14.1. The number of aryl methyl sites for hydroxylation is 2. The van der Waals surface area contributed by atoms with Gasteiger partial charge in [0.25, 0.3) is 0 Å². The fourth-order valence-electron chi connectivity index (χ4n) is 2.32. The first-order chi connectivity index (χ1) is 9.19. The molecule has 0 N–H and O–H groups in total. The smallest absolute Gasteiger partial charge is 0.223 e. The fraction of sp³-hybridized carbons (Fsp3) is 0.533. The number of hydrogen-bond donors (Lipinski definition) is 0. The number of amides is 1. The molecule has 0 radical (unpaired) electrons. The van der Waals surface area contributed by atoms with Gasteiger partial charge in [0.05, 0.1) is 12.7 Å². The van der Waals surface area contributed by atoms with Gasteiger partial charge in [0.1, 0.15) is 0 Å². The highest BCUT2D eigenvalue weighted by molar-refractivity contribution is 9.09. The molecule has 0 saturated carbocycles. The van der Waals surface area contributed by atoms with E-state index < -0.39 is 0 Å². The van der Waals surface area contributed by atoms with E-state index in [1.54, 1.807) is 0 Å². The summed E-state index contributed by atoms with van der Waals surface area (Å²) < 4.78 is 5.55. The van der Waals surface area contributed by atoms with Crippen molar-refractivity contribution < 1.29 is 9.53 Å². The molecular weight excluding hydrogens is 306 g/mol. The van der Waals surface area contributed by atoms with Crippen LogP contribution in [-0.4, -0.2) is 41.9 Å². The number of hydrogen-bond acceptors (Lipinski definition) is 2. The van der Waals surface area contributed by atoms with Crippen molar-refractivity contribution >= 4 is 21.8 Å². The number of carbonyl (C=O) groups is 1. The molecule has 1 amide bonds. The topological polar surface area (TPSA) is 29.5 Å². The maximum atomic E-state index is 12.2. The summed E-state index contributed by atoms with van der Waals surface area (Å²) in [6.07, 6.45) is 1.53. The number of alkyl halides is 1. The van der Waals surface area contributed by atoms with E-state index in [4.69, 9.17) is 4.74 Å². The Hall–Kier alpha value is -0.870. The average Bonchev–Trinajstić information content (AvgIpc) is 2.45. The molecule has 0 aliphatic carbocycles. The van der Waals surface area contributed by atoms with Crippen LogP contribution in [0.4, 0.5) is 0 Å². The molecule has 1 aromatic rings. The van der Waals surface area contributed by atoms with E-state index in [1.807, 2.05) is 11.0 Å². The van der Waals surface area contributed by atoms with Crippen molar-refractivity contribution in [2.75, 3.05) is 25.0 Å². The van der Waals surface area contributed by atoms with E-state index in [0.29, 0.717) is 19.6 Å². The highest BCUT2D eigenvalue weighted by Gasteiger charge is 2.22. The van der Waals surface area contributed by atoms with Crippen LogP contribution in [0.1, 0.15) is 17.5 Å². The van der Waals surface area contributed by atoms with Gasteiger partial charge in [-0.2, -0.15) is 0 Å². The molecule has 1 aliphatic heterocycles. The van der Waals surface area contributed by atoms with Gasteiger partial charge in [-0.1, -0.05) is 45.8 Å². The fourth-order valence-corrected chi connectivity index (χ4v) is 2.71. The molecule has 0 aromatic heterocycles. The Morgan fingerprint density at radius 1 is 1.53 bits per heavy atom. The molecule has 104 valence electrons. The lowest BCUT2D eigenvalue weighted by Gasteiger charge is -2.32. The van der Waals surface area contributed by atoms with Crippen LogP contribution in [-0.2, 0) is 16.0 Å². The van der Waals surface area contributed by atoms with Gasteiger partial charge in [-0.15, -0.1) is 0 Å². The van der Waals surface area contributed by atoms with Crippen molar-refractivity contribution in [1.29, 1.82) is 0 Å². The summed E-state index contributed by atoms with van der Waals surface area (Å²) in [7, 11) is 0. The zero-order chi connectivity index (χ0) is 13.7. The zero-order valence-corrected chi connectivity index (χ0v) is 12.9. The van der Waals surface area contributed by atoms with Gasteiger partial charge in [0.2, 0.25) is 5.91 Å². The molecule has 2 rings (SSSR count). The summed E-state index contributed by atoms with van der Waals surface area (Å²) >= 11 is 3.41. The standard InChI is InChI=1S/C15H20BrNO2/c1-12-3-2-4-13(9-12)5-6-15(18)17-7-8-19-14(10-16)11-17/h2-4,9,14H,5-8,10-11H2,1H3. The van der Waals surface area contributed by atoms with Crippen LogP contribution in [0.5, 0.6) is 0 Å². The zero-order valence-electron chi connectivity index (χ0n) is 11.3. The lowest BCUT2D eigenvalue weighted by atomic mass is 10.1. The molecule has 1 aromatic carbocycles. The number of benzene rings is 1. The van der Waals surface area contributed by atoms with E-state index in [-0.39, 0.29) is 12.0 Å². The average molecular weight is 326 g/mol. The van der Waals surface area contributed by atoms with E-state index in [1.165, 1.54) is 11.1 Å². The van der Waals surface area contributed by atoms with Crippen molar-refractivity contribution in [3.8, 4) is 0 Å². The van der Waals surface area contributed by atoms with Crippen molar-refractivity contribution in [1.82, 2.24) is 4.90 Å². The molecule has 1 atom stereocenters. The minimum atomic E-state index is 0.136. The largest absolute Gasteiger partial charge is 0.374 e. The predicted molar refractivity (Wildman–Crippen MR) is 79.6 cm³/mol. The van der Waals surface area contributed by atoms with Crippen LogP contribution < -0.4 is 0 Å². The maximum Gasteiger partial charge on any atom is 0.223 e. The third-order valence-electron chi connectivity index (χ3n) is 3.37. The van der Waals surface area contributed by atoms with Crippen LogP contribution in [0.3, 0.4) is 0 Å². The maximum absolute atomic E-state index is 12.2. The highest BCUT2D eigenvalue weighted by Crippen LogP contribution is 2.11. The first-order valence-corrected chi connectivity index (χ1v) is 7.82. The van der Waals surface area contributed by atoms with Crippen LogP contribution in [0.15, 0.2) is 24.3 Å². The van der Waals surface area contributed by atoms with Crippen molar-refractivity contribution in [3.63, 3.8) is 0 Å². The van der Waals surface area contributed by atoms with Crippen molar-refractivity contribution in [2.24, 2.45) is 0 Å². The lowest BCUT2D eigenvalue weighted by Crippen LogP contribution is -2.46. The molecule has 1 aliphatic rings. The first kappa shape index (κ1) is 14.5. The summed E-state index contributed by atoms with van der Waals surface area (Å²) in [5.74, 6) is 0.232. The van der Waals surface area contributed by atoms with E-state index in [9.17, 15) is 4.79 Å². The molecular formula is C15H20BrNO2. The molecule has 0 spiro atoms. The summed E-state index contributed by atoms with van der Waals surface area (Å²) in [6, 6.07) is 8.35. The van der Waals surface area contributed by atoms with E-state index >= 15 is 0 Å². The Bertz CT molecular complexity index is 436. The van der Waals surface area contributed by atoms with E-state index in [2.05, 4.69) is 41.1 Å². The Morgan fingerprint density at radius 2 is 2.37 bits per heavy atom. The van der Waals surface area contributed by atoms with Crippen LogP contribution in [0.2, 0.25) is 0 Å². The molecule has 4 heteroatoms. The monoisotopic (exact) mass is 325 g/mol. The SMILES string of the molecule is Cc1cccc(CCC(=O)N2CCOC(CBr)C2)c1. The molecule has 3 nitrogen and oxygen atoms in total. The lowest BCUT2D eigenvalue weighted by molar-refractivity contribution is -0.137. The van der Waals surface area contributed by atoms with Gasteiger partial charge in [-0.05, 0) is 18.9 Å². The third-order valence-corrected chi connectivity index (χ3v) is 4.10. The molecule has 1 unspecified atom stereocenters. The number of rotatable bonds is 4. The molecule has 19 heavy (non-hydrogen) atoms. The molecule has 1 saturated heterocycles. The van der Waals surface area contributed by atoms with Crippen LogP contribution in [0.25, 0.3) is 0 Å². The van der Waals surface area contributed by atoms with Gasteiger partial charge in [-0.25, -0.2) is 0 Å². The minimum absolute atomic E-state index is 0.136. The normalized spacial score (nSPS) is 19.5. The van der Waals surface area contributed by atoms with Crippen molar-refractivity contribution in [2.45, 2.75) is 25.9 Å². The quantitative estimate of drug-likeness (QED) is 0.796. The second-order valence-electron chi connectivity index (χ2n) is 4.98. The van der Waals surface area contributed by atoms with Crippen LogP contribution >= 0.6 is 15.9 Å². The van der Waals surface area contributed by atoms with Gasteiger partial charge in [0.15, 0.2) is 0 Å². The molecule has 0 bridgehead atoms. The summed E-state index contributed by atoms with van der Waals surface area (Å²) in [5.41, 5.74) is 2.48.